The second-order valence-corrected chi connectivity index (χ2v) is 5.30. The molecular formula is C11H13BrClNO. The van der Waals surface area contributed by atoms with E-state index < -0.39 is 0 Å². The summed E-state index contributed by atoms with van der Waals surface area (Å²) in [6, 6.07) is 5.87. The molecule has 0 atom stereocenters. The van der Waals surface area contributed by atoms with Crippen LogP contribution in [0.3, 0.4) is 0 Å². The zero-order valence-corrected chi connectivity index (χ0v) is 10.6. The number of aliphatic hydroxyl groups excluding tert-OH is 1. The molecule has 1 aromatic rings. The summed E-state index contributed by atoms with van der Waals surface area (Å²) < 4.78 is 0.914. The minimum absolute atomic E-state index is 0.00783. The van der Waals surface area contributed by atoms with Crippen molar-refractivity contribution in [2.75, 3.05) is 6.61 Å². The van der Waals surface area contributed by atoms with Gasteiger partial charge in [0, 0.05) is 16.6 Å². The van der Waals surface area contributed by atoms with E-state index in [1.165, 1.54) is 5.56 Å². The van der Waals surface area contributed by atoms with Crippen LogP contribution in [0.1, 0.15) is 18.4 Å². The monoisotopic (exact) mass is 289 g/mol. The van der Waals surface area contributed by atoms with Gasteiger partial charge in [0.05, 0.1) is 11.6 Å². The largest absolute Gasteiger partial charge is 0.394 e. The van der Waals surface area contributed by atoms with E-state index in [2.05, 4.69) is 21.2 Å². The van der Waals surface area contributed by atoms with Crippen LogP contribution in [-0.4, -0.2) is 17.3 Å². The highest BCUT2D eigenvalue weighted by molar-refractivity contribution is 9.10. The molecule has 0 aromatic heterocycles. The van der Waals surface area contributed by atoms with Crippen molar-refractivity contribution in [3.05, 3.63) is 33.3 Å². The molecule has 1 saturated carbocycles. The van der Waals surface area contributed by atoms with Gasteiger partial charge in [0.15, 0.2) is 0 Å². The fourth-order valence-corrected chi connectivity index (χ4v) is 2.02. The van der Waals surface area contributed by atoms with Crippen LogP contribution in [0.2, 0.25) is 5.02 Å². The molecule has 1 aliphatic carbocycles. The average molecular weight is 291 g/mol. The molecule has 0 radical (unpaired) electrons. The first-order valence-corrected chi connectivity index (χ1v) is 6.12. The van der Waals surface area contributed by atoms with E-state index in [9.17, 15) is 0 Å². The Morgan fingerprint density at radius 2 is 2.20 bits per heavy atom. The van der Waals surface area contributed by atoms with Gasteiger partial charge in [0.1, 0.15) is 0 Å². The summed E-state index contributed by atoms with van der Waals surface area (Å²) in [5.41, 5.74) is 1.16. The summed E-state index contributed by atoms with van der Waals surface area (Å²) in [5, 5.41) is 13.2. The quantitative estimate of drug-likeness (QED) is 0.894. The van der Waals surface area contributed by atoms with Crippen molar-refractivity contribution in [3.63, 3.8) is 0 Å². The zero-order chi connectivity index (χ0) is 10.9. The molecule has 1 fully saturated rings. The van der Waals surface area contributed by atoms with Gasteiger partial charge in [0.2, 0.25) is 0 Å². The molecule has 2 N–H and O–H groups in total. The number of rotatable bonds is 4. The minimum atomic E-state index is -0.00783. The van der Waals surface area contributed by atoms with Gasteiger partial charge in [-0.05, 0) is 46.5 Å². The van der Waals surface area contributed by atoms with Crippen molar-refractivity contribution < 1.29 is 5.11 Å². The molecule has 15 heavy (non-hydrogen) atoms. The topological polar surface area (TPSA) is 32.3 Å². The van der Waals surface area contributed by atoms with Crippen LogP contribution in [0.5, 0.6) is 0 Å². The van der Waals surface area contributed by atoms with Crippen molar-refractivity contribution in [3.8, 4) is 0 Å². The number of nitrogens with one attached hydrogen (secondary N) is 1. The van der Waals surface area contributed by atoms with Crippen molar-refractivity contribution in [1.29, 1.82) is 0 Å². The van der Waals surface area contributed by atoms with Crippen LogP contribution < -0.4 is 5.32 Å². The Morgan fingerprint density at radius 1 is 1.47 bits per heavy atom. The lowest BCUT2D eigenvalue weighted by atomic mass is 10.2. The molecule has 82 valence electrons. The third-order valence-electron chi connectivity index (χ3n) is 2.81. The van der Waals surface area contributed by atoms with Crippen LogP contribution in [0.4, 0.5) is 0 Å². The van der Waals surface area contributed by atoms with Crippen molar-refractivity contribution >= 4 is 27.5 Å². The maximum Gasteiger partial charge on any atom is 0.0613 e. The second kappa shape index (κ2) is 4.42. The van der Waals surface area contributed by atoms with E-state index in [0.29, 0.717) is 0 Å². The molecule has 2 nitrogen and oxygen atoms in total. The van der Waals surface area contributed by atoms with Gasteiger partial charge in [-0.1, -0.05) is 17.7 Å². The smallest absolute Gasteiger partial charge is 0.0613 e. The van der Waals surface area contributed by atoms with E-state index in [-0.39, 0.29) is 12.1 Å². The van der Waals surface area contributed by atoms with Gasteiger partial charge in [-0.3, -0.25) is 0 Å². The fourth-order valence-electron chi connectivity index (χ4n) is 1.48. The normalized spacial score (nSPS) is 17.8. The Morgan fingerprint density at radius 3 is 2.73 bits per heavy atom. The van der Waals surface area contributed by atoms with E-state index in [1.54, 1.807) is 0 Å². The molecule has 0 saturated heterocycles. The van der Waals surface area contributed by atoms with Crippen LogP contribution in [0, 0.1) is 0 Å². The molecule has 0 heterocycles. The first-order valence-electron chi connectivity index (χ1n) is 4.95. The lowest BCUT2D eigenvalue weighted by molar-refractivity contribution is 0.229. The van der Waals surface area contributed by atoms with E-state index in [0.717, 1.165) is 28.9 Å². The van der Waals surface area contributed by atoms with Gasteiger partial charge in [0.25, 0.3) is 0 Å². The van der Waals surface area contributed by atoms with E-state index in [4.69, 9.17) is 16.7 Å². The fraction of sp³-hybridized carbons (Fsp3) is 0.455. The van der Waals surface area contributed by atoms with E-state index >= 15 is 0 Å². The molecular weight excluding hydrogens is 277 g/mol. The van der Waals surface area contributed by atoms with Crippen molar-refractivity contribution in [2.24, 2.45) is 0 Å². The SMILES string of the molecule is OCC1(NCc2ccc(Cl)c(Br)c2)CC1. The number of benzene rings is 1. The Kier molecular flexibility index (Phi) is 3.36. The molecule has 4 heteroatoms. The van der Waals surface area contributed by atoms with Crippen LogP contribution in [0.15, 0.2) is 22.7 Å². The standard InChI is InChI=1S/C11H13BrClNO/c12-9-5-8(1-2-10(9)13)6-14-11(7-15)3-4-11/h1-2,5,14-15H,3-4,6-7H2. The molecule has 0 spiro atoms. The predicted molar refractivity (Wildman–Crippen MR) is 65.0 cm³/mol. The van der Waals surface area contributed by atoms with Crippen molar-refractivity contribution in [2.45, 2.75) is 24.9 Å². The number of halogens is 2. The summed E-state index contributed by atoms with van der Waals surface area (Å²) in [6.07, 6.45) is 2.14. The molecule has 1 aromatic carbocycles. The maximum atomic E-state index is 9.14. The third kappa shape index (κ3) is 2.72. The molecule has 1 aliphatic rings. The van der Waals surface area contributed by atoms with Gasteiger partial charge >= 0.3 is 0 Å². The van der Waals surface area contributed by atoms with Gasteiger partial charge in [-0.2, -0.15) is 0 Å². The highest BCUT2D eigenvalue weighted by atomic mass is 79.9. The van der Waals surface area contributed by atoms with Crippen LogP contribution in [-0.2, 0) is 6.54 Å². The highest BCUT2D eigenvalue weighted by Crippen LogP contribution is 2.35. The molecule has 0 unspecified atom stereocenters. The maximum absolute atomic E-state index is 9.14. The molecule has 0 bridgehead atoms. The highest BCUT2D eigenvalue weighted by Gasteiger charge is 2.41. The molecule has 2 rings (SSSR count). The Labute approximate surface area is 103 Å². The Hall–Kier alpha value is -0.0900. The minimum Gasteiger partial charge on any atom is -0.394 e. The number of hydrogen-bond acceptors (Lipinski definition) is 2. The van der Waals surface area contributed by atoms with Crippen molar-refractivity contribution in [1.82, 2.24) is 5.32 Å². The lowest BCUT2D eigenvalue weighted by Crippen LogP contribution is -2.34. The summed E-state index contributed by atoms with van der Waals surface area (Å²) >= 11 is 9.29. The first-order chi connectivity index (χ1) is 7.15. The third-order valence-corrected chi connectivity index (χ3v) is 4.02. The Bertz CT molecular complexity index is 366. The second-order valence-electron chi connectivity index (χ2n) is 4.04. The lowest BCUT2D eigenvalue weighted by Gasteiger charge is -2.14. The summed E-state index contributed by atoms with van der Waals surface area (Å²) in [6.45, 7) is 0.998. The molecule has 0 aliphatic heterocycles. The van der Waals surface area contributed by atoms with Crippen LogP contribution in [0.25, 0.3) is 0 Å². The van der Waals surface area contributed by atoms with Gasteiger partial charge < -0.3 is 10.4 Å². The molecule has 0 amide bonds. The predicted octanol–water partition coefficient (Wildman–Crippen LogP) is 2.72. The number of hydrogen-bond donors (Lipinski definition) is 2. The first kappa shape index (κ1) is 11.4. The number of aliphatic hydroxyl groups is 1. The zero-order valence-electron chi connectivity index (χ0n) is 8.26. The summed E-state index contributed by atoms with van der Waals surface area (Å²) in [7, 11) is 0. The average Bonchev–Trinajstić information content (AvgIpc) is 3.01. The van der Waals surface area contributed by atoms with E-state index in [1.807, 2.05) is 18.2 Å². The summed E-state index contributed by atoms with van der Waals surface area (Å²) in [5.74, 6) is 0. The Balaban J connectivity index is 1.96. The van der Waals surface area contributed by atoms with Gasteiger partial charge in [-0.15, -0.1) is 0 Å². The van der Waals surface area contributed by atoms with Gasteiger partial charge in [-0.25, -0.2) is 0 Å². The van der Waals surface area contributed by atoms with Crippen LogP contribution >= 0.6 is 27.5 Å². The summed E-state index contributed by atoms with van der Waals surface area (Å²) in [4.78, 5) is 0.